The molecule has 3 N–H and O–H groups in total. The molecule has 2 aromatic rings. The molecule has 7 heteroatoms. The van der Waals surface area contributed by atoms with E-state index < -0.39 is 0 Å². The Balaban J connectivity index is 2.00. The van der Waals surface area contributed by atoms with E-state index in [-0.39, 0.29) is 11.1 Å². The summed E-state index contributed by atoms with van der Waals surface area (Å²) in [6.07, 6.45) is 1.74. The molecule has 122 valence electrons. The number of para-hydroxylation sites is 1. The van der Waals surface area contributed by atoms with Gasteiger partial charge in [-0.15, -0.1) is 0 Å². The second-order valence-corrected chi connectivity index (χ2v) is 7.00. The topological polar surface area (TPSA) is 65.0 Å². The zero-order chi connectivity index (χ0) is 17.3. The van der Waals surface area contributed by atoms with Crippen LogP contribution in [0.3, 0.4) is 0 Å². The van der Waals surface area contributed by atoms with Crippen LogP contribution < -0.4 is 10.6 Å². The van der Waals surface area contributed by atoms with E-state index in [0.29, 0.717) is 20.6 Å². The molecular formula is C17H13Cl2N3OS. The molecule has 1 fully saturated rings. The smallest absolute Gasteiger partial charge is 0.264 e. The average Bonchev–Trinajstić information content (AvgIpc) is 2.87. The molecule has 4 nitrogen and oxygen atoms in total. The van der Waals surface area contributed by atoms with Crippen LogP contribution in [-0.2, 0) is 4.79 Å². The van der Waals surface area contributed by atoms with Crippen molar-refractivity contribution in [3.8, 4) is 0 Å². The van der Waals surface area contributed by atoms with Crippen LogP contribution in [0.4, 0.5) is 11.4 Å². The molecular weight excluding hydrogens is 365 g/mol. The zero-order valence-electron chi connectivity index (χ0n) is 12.6. The van der Waals surface area contributed by atoms with Gasteiger partial charge in [0, 0.05) is 5.69 Å². The molecule has 1 heterocycles. The summed E-state index contributed by atoms with van der Waals surface area (Å²) in [5, 5.41) is 14.4. The molecule has 1 saturated heterocycles. The number of carbonyl (C=O) groups excluding carboxylic acids is 1. The molecule has 0 aliphatic carbocycles. The summed E-state index contributed by atoms with van der Waals surface area (Å²) in [6, 6.07) is 11.2. The minimum Gasteiger partial charge on any atom is -0.353 e. The normalized spacial score (nSPS) is 15.7. The summed E-state index contributed by atoms with van der Waals surface area (Å²) < 4.78 is 0. The van der Waals surface area contributed by atoms with Gasteiger partial charge >= 0.3 is 0 Å². The maximum absolute atomic E-state index is 11.8. The highest BCUT2D eigenvalue weighted by Crippen LogP contribution is 2.36. The number of thioether (sulfide) groups is 1. The van der Waals surface area contributed by atoms with E-state index >= 15 is 0 Å². The Morgan fingerprint density at radius 2 is 1.96 bits per heavy atom. The van der Waals surface area contributed by atoms with Gasteiger partial charge < -0.3 is 10.6 Å². The number of carbonyl (C=O) groups is 1. The Hall–Kier alpha value is -1.95. The van der Waals surface area contributed by atoms with Crippen molar-refractivity contribution in [2.75, 3.05) is 5.32 Å². The van der Waals surface area contributed by atoms with E-state index in [1.54, 1.807) is 12.1 Å². The highest BCUT2D eigenvalue weighted by atomic mass is 35.5. The van der Waals surface area contributed by atoms with E-state index in [4.69, 9.17) is 28.6 Å². The van der Waals surface area contributed by atoms with Crippen LogP contribution in [0, 0.1) is 12.3 Å². The van der Waals surface area contributed by atoms with Gasteiger partial charge in [0.25, 0.3) is 5.91 Å². The molecule has 0 radical (unpaired) electrons. The third kappa shape index (κ3) is 3.43. The highest BCUT2D eigenvalue weighted by Gasteiger charge is 2.22. The van der Waals surface area contributed by atoms with E-state index in [2.05, 4.69) is 10.6 Å². The average molecular weight is 378 g/mol. The number of amides is 1. The van der Waals surface area contributed by atoms with Crippen molar-refractivity contribution in [1.29, 1.82) is 5.41 Å². The van der Waals surface area contributed by atoms with Gasteiger partial charge in [-0.3, -0.25) is 10.2 Å². The van der Waals surface area contributed by atoms with Crippen LogP contribution in [0.2, 0.25) is 10.0 Å². The maximum atomic E-state index is 11.8. The van der Waals surface area contributed by atoms with Crippen LogP contribution in [0.5, 0.6) is 0 Å². The number of hydrogen-bond donors (Lipinski definition) is 3. The third-order valence-corrected chi connectivity index (χ3v) is 5.09. The summed E-state index contributed by atoms with van der Waals surface area (Å²) in [7, 11) is 0. The summed E-state index contributed by atoms with van der Waals surface area (Å²) in [4.78, 5) is 12.3. The van der Waals surface area contributed by atoms with Crippen LogP contribution in [0.25, 0.3) is 6.08 Å². The van der Waals surface area contributed by atoms with Crippen molar-refractivity contribution in [2.45, 2.75) is 6.92 Å². The van der Waals surface area contributed by atoms with Crippen LogP contribution in [0.1, 0.15) is 11.1 Å². The third-order valence-electron chi connectivity index (χ3n) is 3.45. The van der Waals surface area contributed by atoms with Gasteiger partial charge in [0.05, 0.1) is 20.6 Å². The van der Waals surface area contributed by atoms with Crippen molar-refractivity contribution in [2.24, 2.45) is 0 Å². The minimum atomic E-state index is -0.272. The van der Waals surface area contributed by atoms with Gasteiger partial charge in [0.2, 0.25) is 0 Å². The molecule has 0 bridgehead atoms. The molecule has 0 spiro atoms. The van der Waals surface area contributed by atoms with Gasteiger partial charge in [0.15, 0.2) is 5.17 Å². The number of aryl methyl sites for hydroxylation is 1. The summed E-state index contributed by atoms with van der Waals surface area (Å²) in [5.74, 6) is -0.272. The van der Waals surface area contributed by atoms with Gasteiger partial charge in [-0.05, 0) is 48.0 Å². The molecule has 0 atom stereocenters. The molecule has 1 aliphatic rings. The Kier molecular flexibility index (Phi) is 4.85. The second kappa shape index (κ2) is 6.89. The number of benzene rings is 2. The lowest BCUT2D eigenvalue weighted by Crippen LogP contribution is -2.18. The highest BCUT2D eigenvalue weighted by molar-refractivity contribution is 8.18. The van der Waals surface area contributed by atoms with E-state index in [1.807, 2.05) is 37.3 Å². The number of anilines is 2. The van der Waals surface area contributed by atoms with Crippen LogP contribution >= 0.6 is 35.0 Å². The predicted octanol–water partition coefficient (Wildman–Crippen LogP) is 5.18. The first-order valence-electron chi connectivity index (χ1n) is 7.06. The van der Waals surface area contributed by atoms with E-state index in [1.165, 1.54) is 0 Å². The van der Waals surface area contributed by atoms with Gasteiger partial charge in [-0.25, -0.2) is 0 Å². The van der Waals surface area contributed by atoms with Crippen molar-refractivity contribution in [3.05, 3.63) is 62.5 Å². The molecule has 3 rings (SSSR count). The van der Waals surface area contributed by atoms with Crippen LogP contribution in [0.15, 0.2) is 41.3 Å². The molecule has 0 saturated carbocycles. The van der Waals surface area contributed by atoms with Gasteiger partial charge in [0.1, 0.15) is 0 Å². The SMILES string of the molecule is Cc1ccc(Cl)c(Nc2ccccc2/C=C2/SC(=N)NC2=O)c1Cl. The zero-order valence-corrected chi connectivity index (χ0v) is 14.9. The van der Waals surface area contributed by atoms with Crippen LogP contribution in [-0.4, -0.2) is 11.1 Å². The monoisotopic (exact) mass is 377 g/mol. The Morgan fingerprint density at radius 1 is 1.21 bits per heavy atom. The largest absolute Gasteiger partial charge is 0.353 e. The van der Waals surface area contributed by atoms with Gasteiger partial charge in [-0.1, -0.05) is 47.5 Å². The van der Waals surface area contributed by atoms with Crippen molar-refractivity contribution < 1.29 is 4.79 Å². The number of amidine groups is 1. The fourth-order valence-electron chi connectivity index (χ4n) is 2.23. The number of rotatable bonds is 3. The minimum absolute atomic E-state index is 0.126. The first kappa shape index (κ1) is 16.9. The summed E-state index contributed by atoms with van der Waals surface area (Å²) >= 11 is 13.7. The lowest BCUT2D eigenvalue weighted by Gasteiger charge is -2.14. The predicted molar refractivity (Wildman–Crippen MR) is 102 cm³/mol. The Labute approximate surface area is 153 Å². The van der Waals surface area contributed by atoms with Gasteiger partial charge in [-0.2, -0.15) is 0 Å². The Bertz CT molecular complexity index is 880. The number of nitrogens with one attached hydrogen (secondary N) is 3. The lowest BCUT2D eigenvalue weighted by atomic mass is 10.1. The summed E-state index contributed by atoms with van der Waals surface area (Å²) in [5.41, 5.74) is 3.11. The lowest BCUT2D eigenvalue weighted by molar-refractivity contribution is -0.115. The first-order chi connectivity index (χ1) is 11.5. The summed E-state index contributed by atoms with van der Waals surface area (Å²) in [6.45, 7) is 1.91. The fraction of sp³-hybridized carbons (Fsp3) is 0.0588. The fourth-order valence-corrected chi connectivity index (χ4v) is 3.38. The van der Waals surface area contributed by atoms with E-state index in [0.717, 1.165) is 28.6 Å². The van der Waals surface area contributed by atoms with Crippen molar-refractivity contribution >= 4 is 63.5 Å². The molecule has 1 amide bonds. The Morgan fingerprint density at radius 3 is 2.67 bits per heavy atom. The quantitative estimate of drug-likeness (QED) is 0.645. The molecule has 2 aromatic carbocycles. The molecule has 0 aromatic heterocycles. The van der Waals surface area contributed by atoms with Crippen molar-refractivity contribution in [1.82, 2.24) is 5.32 Å². The molecule has 1 aliphatic heterocycles. The number of halogens is 2. The standard InChI is InChI=1S/C17H13Cl2N3OS/c1-9-6-7-11(18)15(14(9)19)21-12-5-3-2-4-10(12)8-13-16(23)22-17(20)24-13/h2-8,21H,1H3,(H2,20,22,23)/b13-8+. The molecule has 24 heavy (non-hydrogen) atoms. The van der Waals surface area contributed by atoms with Crippen molar-refractivity contribution in [3.63, 3.8) is 0 Å². The van der Waals surface area contributed by atoms with E-state index in [9.17, 15) is 4.79 Å². The second-order valence-electron chi connectivity index (χ2n) is 5.16. The number of hydrogen-bond acceptors (Lipinski definition) is 4. The maximum Gasteiger partial charge on any atom is 0.264 e. The molecule has 0 unspecified atom stereocenters. The first-order valence-corrected chi connectivity index (χ1v) is 8.63.